The number of hydrogen-bond donors (Lipinski definition) is 1. The number of hydrogen-bond acceptors (Lipinski definition) is 3. The second-order valence-corrected chi connectivity index (χ2v) is 4.78. The van der Waals surface area contributed by atoms with Crippen molar-refractivity contribution in [3.8, 4) is 0 Å². The molecule has 92 valence electrons. The summed E-state index contributed by atoms with van der Waals surface area (Å²) in [6.45, 7) is 2.70. The van der Waals surface area contributed by atoms with E-state index in [1.165, 1.54) is 5.56 Å². The van der Waals surface area contributed by atoms with Crippen LogP contribution in [-0.4, -0.2) is 24.3 Å². The standard InChI is InChI=1S/C12H13N5S/c1-8-3-4-9-10(5-8)17(12(18)14-9)6-11-15-13-7-16(11)2/h3-5,7H,6H2,1-2H3,(H,14,18). The maximum Gasteiger partial charge on any atom is 0.178 e. The summed E-state index contributed by atoms with van der Waals surface area (Å²) in [5, 5.41) is 7.98. The van der Waals surface area contributed by atoms with Crippen LogP contribution < -0.4 is 0 Å². The number of nitrogens with zero attached hydrogens (tertiary/aromatic N) is 4. The lowest BCUT2D eigenvalue weighted by Crippen LogP contribution is -2.05. The SMILES string of the molecule is Cc1ccc2[nH]c(=S)n(Cc3nncn3C)c2c1. The third-order valence-corrected chi connectivity index (χ3v) is 3.36. The van der Waals surface area contributed by atoms with Crippen LogP contribution in [0.25, 0.3) is 11.0 Å². The van der Waals surface area contributed by atoms with E-state index in [-0.39, 0.29) is 0 Å². The first kappa shape index (κ1) is 11.2. The highest BCUT2D eigenvalue weighted by atomic mass is 32.1. The number of aromatic nitrogens is 5. The zero-order valence-corrected chi connectivity index (χ0v) is 11.0. The van der Waals surface area contributed by atoms with Gasteiger partial charge >= 0.3 is 0 Å². The number of aryl methyl sites for hydroxylation is 2. The summed E-state index contributed by atoms with van der Waals surface area (Å²) in [5.41, 5.74) is 3.36. The molecule has 0 atom stereocenters. The van der Waals surface area contributed by atoms with E-state index in [0.29, 0.717) is 11.3 Å². The van der Waals surface area contributed by atoms with Crippen molar-refractivity contribution >= 4 is 23.3 Å². The molecule has 0 saturated carbocycles. The molecule has 0 saturated heterocycles. The monoisotopic (exact) mass is 259 g/mol. The molecular formula is C12H13N5S. The summed E-state index contributed by atoms with van der Waals surface area (Å²) in [5.74, 6) is 0.883. The van der Waals surface area contributed by atoms with Crippen LogP contribution in [0.2, 0.25) is 0 Å². The average Bonchev–Trinajstić information content (AvgIpc) is 2.86. The zero-order valence-electron chi connectivity index (χ0n) is 10.2. The summed E-state index contributed by atoms with van der Waals surface area (Å²) < 4.78 is 4.65. The Bertz CT molecular complexity index is 764. The minimum Gasteiger partial charge on any atom is -0.331 e. The van der Waals surface area contributed by atoms with Gasteiger partial charge in [-0.05, 0) is 36.8 Å². The van der Waals surface area contributed by atoms with E-state index in [9.17, 15) is 0 Å². The third kappa shape index (κ3) is 1.74. The Morgan fingerprint density at radius 3 is 2.94 bits per heavy atom. The Labute approximate surface area is 109 Å². The maximum absolute atomic E-state index is 5.36. The topological polar surface area (TPSA) is 51.4 Å². The fraction of sp³-hybridized carbons (Fsp3) is 0.250. The molecule has 6 heteroatoms. The van der Waals surface area contributed by atoms with E-state index in [1.54, 1.807) is 6.33 Å². The average molecular weight is 259 g/mol. The van der Waals surface area contributed by atoms with Gasteiger partial charge in [-0.2, -0.15) is 0 Å². The fourth-order valence-corrected chi connectivity index (χ4v) is 2.28. The minimum absolute atomic E-state index is 0.624. The quantitative estimate of drug-likeness (QED) is 0.718. The van der Waals surface area contributed by atoms with E-state index in [0.717, 1.165) is 16.9 Å². The lowest BCUT2D eigenvalue weighted by atomic mass is 10.2. The molecule has 0 fully saturated rings. The van der Waals surface area contributed by atoms with Gasteiger partial charge in [-0.1, -0.05) is 6.07 Å². The molecule has 0 aliphatic carbocycles. The van der Waals surface area contributed by atoms with Gasteiger partial charge in [0.15, 0.2) is 10.6 Å². The summed E-state index contributed by atoms with van der Waals surface area (Å²) >= 11 is 5.36. The van der Waals surface area contributed by atoms with Gasteiger partial charge in [-0.25, -0.2) is 0 Å². The van der Waals surface area contributed by atoms with Crippen molar-refractivity contribution in [2.45, 2.75) is 13.5 Å². The molecule has 1 aromatic carbocycles. The lowest BCUT2D eigenvalue weighted by Gasteiger charge is -2.04. The first-order valence-electron chi connectivity index (χ1n) is 5.67. The van der Waals surface area contributed by atoms with Crippen molar-refractivity contribution in [2.75, 3.05) is 0 Å². The molecule has 0 aliphatic heterocycles. The van der Waals surface area contributed by atoms with E-state index in [2.05, 4.69) is 34.2 Å². The Morgan fingerprint density at radius 1 is 1.39 bits per heavy atom. The normalized spacial score (nSPS) is 11.2. The van der Waals surface area contributed by atoms with Crippen molar-refractivity contribution in [2.24, 2.45) is 7.05 Å². The largest absolute Gasteiger partial charge is 0.331 e. The summed E-state index contributed by atoms with van der Waals surface area (Å²) in [7, 11) is 1.93. The van der Waals surface area contributed by atoms with Crippen LogP contribution in [0.1, 0.15) is 11.4 Å². The van der Waals surface area contributed by atoms with Crippen molar-refractivity contribution in [3.63, 3.8) is 0 Å². The third-order valence-electron chi connectivity index (χ3n) is 3.04. The number of H-pyrrole nitrogens is 1. The second-order valence-electron chi connectivity index (χ2n) is 4.39. The molecule has 5 nitrogen and oxygen atoms in total. The highest BCUT2D eigenvalue weighted by Gasteiger charge is 2.08. The van der Waals surface area contributed by atoms with Crippen LogP contribution in [0.5, 0.6) is 0 Å². The molecule has 18 heavy (non-hydrogen) atoms. The molecule has 0 unspecified atom stereocenters. The summed E-state index contributed by atoms with van der Waals surface area (Å²) in [6, 6.07) is 6.24. The number of aromatic amines is 1. The Kier molecular flexibility index (Phi) is 2.52. The molecule has 0 bridgehead atoms. The molecular weight excluding hydrogens is 246 g/mol. The van der Waals surface area contributed by atoms with Crippen molar-refractivity contribution in [1.82, 2.24) is 24.3 Å². The number of fused-ring (bicyclic) bond motifs is 1. The molecule has 1 N–H and O–H groups in total. The number of benzene rings is 1. The van der Waals surface area contributed by atoms with Gasteiger partial charge in [0, 0.05) is 7.05 Å². The van der Waals surface area contributed by atoms with Gasteiger partial charge in [-0.15, -0.1) is 10.2 Å². The zero-order chi connectivity index (χ0) is 12.7. The molecule has 2 heterocycles. The predicted octanol–water partition coefficient (Wildman–Crippen LogP) is 2.18. The van der Waals surface area contributed by atoms with Crippen molar-refractivity contribution in [1.29, 1.82) is 0 Å². The predicted molar refractivity (Wildman–Crippen MR) is 72.0 cm³/mol. The van der Waals surface area contributed by atoms with Crippen LogP contribution >= 0.6 is 12.2 Å². The Morgan fingerprint density at radius 2 is 2.22 bits per heavy atom. The van der Waals surface area contributed by atoms with Crippen LogP contribution in [0, 0.1) is 11.7 Å². The molecule has 0 radical (unpaired) electrons. The number of nitrogens with one attached hydrogen (secondary N) is 1. The van der Waals surface area contributed by atoms with E-state index >= 15 is 0 Å². The smallest absolute Gasteiger partial charge is 0.178 e. The van der Waals surface area contributed by atoms with Crippen LogP contribution in [-0.2, 0) is 13.6 Å². The number of imidazole rings is 1. The highest BCUT2D eigenvalue weighted by molar-refractivity contribution is 7.71. The lowest BCUT2D eigenvalue weighted by molar-refractivity contribution is 0.704. The molecule has 0 spiro atoms. The van der Waals surface area contributed by atoms with Crippen LogP contribution in [0.4, 0.5) is 0 Å². The molecule has 0 amide bonds. The van der Waals surface area contributed by atoms with Gasteiger partial charge in [0.2, 0.25) is 0 Å². The molecule has 0 aliphatic rings. The van der Waals surface area contributed by atoms with Gasteiger partial charge in [-0.3, -0.25) is 0 Å². The fourth-order valence-electron chi connectivity index (χ4n) is 2.01. The number of rotatable bonds is 2. The highest BCUT2D eigenvalue weighted by Crippen LogP contribution is 2.16. The van der Waals surface area contributed by atoms with Gasteiger partial charge < -0.3 is 14.1 Å². The van der Waals surface area contributed by atoms with E-state index in [1.807, 2.05) is 22.2 Å². The molecule has 2 aromatic heterocycles. The maximum atomic E-state index is 5.36. The van der Waals surface area contributed by atoms with Gasteiger partial charge in [0.05, 0.1) is 17.6 Å². The van der Waals surface area contributed by atoms with Crippen molar-refractivity contribution in [3.05, 3.63) is 40.7 Å². The van der Waals surface area contributed by atoms with Gasteiger partial charge in [0.25, 0.3) is 0 Å². The Balaban J connectivity index is 2.17. The minimum atomic E-state index is 0.624. The summed E-state index contributed by atoms with van der Waals surface area (Å²) in [4.78, 5) is 3.21. The molecule has 3 aromatic rings. The van der Waals surface area contributed by atoms with Crippen LogP contribution in [0.15, 0.2) is 24.5 Å². The second kappa shape index (κ2) is 4.06. The van der Waals surface area contributed by atoms with Crippen LogP contribution in [0.3, 0.4) is 0 Å². The Hall–Kier alpha value is -1.95. The van der Waals surface area contributed by atoms with E-state index in [4.69, 9.17) is 12.2 Å². The molecule has 3 rings (SSSR count). The first-order valence-corrected chi connectivity index (χ1v) is 6.08. The summed E-state index contributed by atoms with van der Waals surface area (Å²) in [6.07, 6.45) is 1.69. The first-order chi connectivity index (χ1) is 8.65. The van der Waals surface area contributed by atoms with Crippen molar-refractivity contribution < 1.29 is 0 Å². The van der Waals surface area contributed by atoms with E-state index < -0.39 is 0 Å². The van der Waals surface area contributed by atoms with Gasteiger partial charge in [0.1, 0.15) is 6.33 Å².